The van der Waals surface area contributed by atoms with Gasteiger partial charge in [-0.2, -0.15) is 0 Å². The number of hydrogen-bond acceptors (Lipinski definition) is 7. The first-order chi connectivity index (χ1) is 8.49. The van der Waals surface area contributed by atoms with Crippen LogP contribution in [0.3, 0.4) is 0 Å². The normalized spacial score (nSPS) is 11.8. The average molecular weight is 261 g/mol. The maximum atomic E-state index is 11.3. The second-order valence-electron chi connectivity index (χ2n) is 3.88. The summed E-state index contributed by atoms with van der Waals surface area (Å²) in [6.45, 7) is 0.733. The number of esters is 2. The van der Waals surface area contributed by atoms with E-state index in [0.717, 1.165) is 0 Å². The molecule has 0 aromatic rings. The van der Waals surface area contributed by atoms with Gasteiger partial charge in [0.15, 0.2) is 0 Å². The van der Waals surface area contributed by atoms with Gasteiger partial charge in [-0.1, -0.05) is 0 Å². The Morgan fingerprint density at radius 2 is 1.83 bits per heavy atom. The highest BCUT2D eigenvalue weighted by molar-refractivity contribution is 5.77. The van der Waals surface area contributed by atoms with E-state index >= 15 is 0 Å². The number of likely N-dealkylation sites (N-methyl/N-ethyl adjacent to an activating group) is 1. The zero-order chi connectivity index (χ0) is 14.0. The van der Waals surface area contributed by atoms with Crippen LogP contribution in [0.1, 0.15) is 12.8 Å². The predicted octanol–water partition coefficient (Wildman–Crippen LogP) is -0.414. The molecule has 7 heteroatoms. The molecule has 1 atom stereocenters. The quantitative estimate of drug-likeness (QED) is 0.317. The van der Waals surface area contributed by atoms with Gasteiger partial charge in [-0.25, -0.2) is 0 Å². The van der Waals surface area contributed by atoms with Crippen molar-refractivity contribution in [3.8, 4) is 0 Å². The number of carbonyl (C=O) groups is 3. The van der Waals surface area contributed by atoms with E-state index in [1.165, 1.54) is 7.11 Å². The third kappa shape index (κ3) is 8.51. The standard InChI is InChI=1S/C11H19NO6/c1-12(2)6-9(18-8-13)7-17-11(15)5-4-10(14)16-3/h8-9H,4-7H2,1-3H3/t9-/m1/s1. The van der Waals surface area contributed by atoms with Crippen LogP contribution in [0.2, 0.25) is 0 Å². The van der Waals surface area contributed by atoms with Crippen molar-refractivity contribution >= 4 is 18.4 Å². The largest absolute Gasteiger partial charge is 0.469 e. The first-order valence-corrected chi connectivity index (χ1v) is 5.45. The van der Waals surface area contributed by atoms with Gasteiger partial charge in [-0.3, -0.25) is 14.4 Å². The topological polar surface area (TPSA) is 82.1 Å². The summed E-state index contributed by atoms with van der Waals surface area (Å²) < 4.78 is 14.0. The fourth-order valence-electron chi connectivity index (χ4n) is 1.19. The molecule has 0 aliphatic carbocycles. The smallest absolute Gasteiger partial charge is 0.306 e. The summed E-state index contributed by atoms with van der Waals surface area (Å²) >= 11 is 0. The average Bonchev–Trinajstić information content (AvgIpc) is 2.32. The van der Waals surface area contributed by atoms with Gasteiger partial charge in [-0.15, -0.1) is 0 Å². The van der Waals surface area contributed by atoms with E-state index in [1.807, 2.05) is 0 Å². The molecule has 0 fully saturated rings. The SMILES string of the molecule is COC(=O)CCC(=O)OC[C@@H](CN(C)C)OC=O. The molecule has 0 spiro atoms. The molecule has 7 nitrogen and oxygen atoms in total. The van der Waals surface area contributed by atoms with Crippen molar-refractivity contribution in [1.29, 1.82) is 0 Å². The van der Waals surface area contributed by atoms with Crippen molar-refractivity contribution in [2.45, 2.75) is 18.9 Å². The summed E-state index contributed by atoms with van der Waals surface area (Å²) in [6.07, 6.45) is -0.593. The Bertz CT molecular complexity index is 279. The molecular formula is C11H19NO6. The third-order valence-corrected chi connectivity index (χ3v) is 2.01. The highest BCUT2D eigenvalue weighted by Gasteiger charge is 2.14. The van der Waals surface area contributed by atoms with Crippen molar-refractivity contribution in [3.63, 3.8) is 0 Å². The van der Waals surface area contributed by atoms with Crippen molar-refractivity contribution in [2.75, 3.05) is 34.4 Å². The Kier molecular flexibility index (Phi) is 8.55. The molecule has 0 unspecified atom stereocenters. The zero-order valence-corrected chi connectivity index (χ0v) is 10.9. The molecule has 0 aromatic heterocycles. The van der Waals surface area contributed by atoms with E-state index in [1.54, 1.807) is 19.0 Å². The van der Waals surface area contributed by atoms with Crippen LogP contribution in [0.15, 0.2) is 0 Å². The third-order valence-electron chi connectivity index (χ3n) is 2.01. The molecule has 0 aliphatic rings. The van der Waals surface area contributed by atoms with Crippen LogP contribution in [0, 0.1) is 0 Å². The fraction of sp³-hybridized carbons (Fsp3) is 0.727. The van der Waals surface area contributed by atoms with Crippen LogP contribution in [-0.4, -0.2) is 63.8 Å². The van der Waals surface area contributed by atoms with Gasteiger partial charge in [0, 0.05) is 6.54 Å². The van der Waals surface area contributed by atoms with Crippen LogP contribution < -0.4 is 0 Å². The van der Waals surface area contributed by atoms with Gasteiger partial charge in [-0.05, 0) is 14.1 Å². The molecule has 104 valence electrons. The monoisotopic (exact) mass is 261 g/mol. The molecule has 0 N–H and O–H groups in total. The predicted molar refractivity (Wildman–Crippen MR) is 61.7 cm³/mol. The van der Waals surface area contributed by atoms with Gasteiger partial charge < -0.3 is 19.1 Å². The summed E-state index contributed by atoms with van der Waals surface area (Å²) in [5.74, 6) is -1.00. The van der Waals surface area contributed by atoms with Crippen molar-refractivity contribution < 1.29 is 28.6 Å². The summed E-state index contributed by atoms with van der Waals surface area (Å²) in [4.78, 5) is 34.1. The summed E-state index contributed by atoms with van der Waals surface area (Å²) in [6, 6.07) is 0. The van der Waals surface area contributed by atoms with Crippen LogP contribution in [-0.2, 0) is 28.6 Å². The highest BCUT2D eigenvalue weighted by atomic mass is 16.6. The minimum atomic E-state index is -0.529. The number of methoxy groups -OCH3 is 1. The van der Waals surface area contributed by atoms with E-state index in [2.05, 4.69) is 4.74 Å². The van der Waals surface area contributed by atoms with Gasteiger partial charge >= 0.3 is 11.9 Å². The van der Waals surface area contributed by atoms with Gasteiger partial charge in [0.2, 0.25) is 0 Å². The molecule has 0 aliphatic heterocycles. The fourth-order valence-corrected chi connectivity index (χ4v) is 1.19. The molecule has 0 bridgehead atoms. The lowest BCUT2D eigenvalue weighted by molar-refractivity contribution is -0.154. The molecule has 0 amide bonds. The van der Waals surface area contributed by atoms with Crippen LogP contribution in [0.5, 0.6) is 0 Å². The molecule has 18 heavy (non-hydrogen) atoms. The zero-order valence-electron chi connectivity index (χ0n) is 10.9. The highest BCUT2D eigenvalue weighted by Crippen LogP contribution is 1.99. The Morgan fingerprint density at radius 3 is 2.33 bits per heavy atom. The minimum absolute atomic E-state index is 0.0256. The Labute approximate surface area is 106 Å². The molecule has 0 heterocycles. The first kappa shape index (κ1) is 16.4. The summed E-state index contributed by atoms with van der Waals surface area (Å²) in [5, 5.41) is 0. The maximum absolute atomic E-state index is 11.3. The lowest BCUT2D eigenvalue weighted by Gasteiger charge is -2.19. The maximum Gasteiger partial charge on any atom is 0.306 e. The lowest BCUT2D eigenvalue weighted by Crippen LogP contribution is -2.33. The van der Waals surface area contributed by atoms with Crippen LogP contribution >= 0.6 is 0 Å². The molecule has 0 radical (unpaired) electrons. The second kappa shape index (κ2) is 9.41. The van der Waals surface area contributed by atoms with Crippen LogP contribution in [0.25, 0.3) is 0 Å². The van der Waals surface area contributed by atoms with E-state index in [9.17, 15) is 14.4 Å². The second-order valence-corrected chi connectivity index (χ2v) is 3.88. The van der Waals surface area contributed by atoms with E-state index in [-0.39, 0.29) is 19.4 Å². The Morgan fingerprint density at radius 1 is 1.22 bits per heavy atom. The Balaban J connectivity index is 3.91. The van der Waals surface area contributed by atoms with Crippen molar-refractivity contribution in [3.05, 3.63) is 0 Å². The molecule has 0 saturated carbocycles. The van der Waals surface area contributed by atoms with Crippen molar-refractivity contribution in [2.24, 2.45) is 0 Å². The van der Waals surface area contributed by atoms with E-state index in [4.69, 9.17) is 9.47 Å². The van der Waals surface area contributed by atoms with E-state index in [0.29, 0.717) is 13.0 Å². The Hall–Kier alpha value is -1.63. The number of carbonyl (C=O) groups excluding carboxylic acids is 3. The molecular weight excluding hydrogens is 242 g/mol. The van der Waals surface area contributed by atoms with Gasteiger partial charge in [0.05, 0.1) is 20.0 Å². The molecule has 0 aromatic carbocycles. The van der Waals surface area contributed by atoms with Gasteiger partial charge in [0.25, 0.3) is 6.47 Å². The summed E-state index contributed by atoms with van der Waals surface area (Å²) in [7, 11) is 4.86. The lowest BCUT2D eigenvalue weighted by atomic mass is 10.3. The number of nitrogens with zero attached hydrogens (tertiary/aromatic N) is 1. The van der Waals surface area contributed by atoms with Gasteiger partial charge in [0.1, 0.15) is 12.7 Å². The molecule has 0 saturated heterocycles. The number of ether oxygens (including phenoxy) is 3. The molecule has 0 rings (SSSR count). The number of rotatable bonds is 9. The number of hydrogen-bond donors (Lipinski definition) is 0. The summed E-state index contributed by atoms with van der Waals surface area (Å²) in [5.41, 5.74) is 0. The first-order valence-electron chi connectivity index (χ1n) is 5.45. The van der Waals surface area contributed by atoms with Crippen molar-refractivity contribution in [1.82, 2.24) is 4.90 Å². The van der Waals surface area contributed by atoms with Crippen LogP contribution in [0.4, 0.5) is 0 Å². The van der Waals surface area contributed by atoms with E-state index < -0.39 is 18.0 Å². The minimum Gasteiger partial charge on any atom is -0.469 e.